The predicted molar refractivity (Wildman–Crippen MR) is 129 cm³/mol. The molecule has 2 atom stereocenters. The number of amides is 2. The number of aromatic nitrogens is 1. The summed E-state index contributed by atoms with van der Waals surface area (Å²) in [5.74, 6) is -2.46. The first-order valence-electron chi connectivity index (χ1n) is 11.4. The molecular formula is C27H27F2N3O3. The number of pyridine rings is 1. The molecule has 8 heteroatoms. The second-order valence-electron chi connectivity index (χ2n) is 9.06. The number of likely N-dealkylation sites (N-methyl/N-ethyl adjacent to an activating group) is 1. The van der Waals surface area contributed by atoms with Gasteiger partial charge in [-0.2, -0.15) is 0 Å². The van der Waals surface area contributed by atoms with Crippen molar-refractivity contribution < 1.29 is 18.4 Å². The van der Waals surface area contributed by atoms with Gasteiger partial charge in [-0.3, -0.25) is 14.4 Å². The molecule has 3 aromatic rings. The molecule has 2 aromatic carbocycles. The van der Waals surface area contributed by atoms with E-state index in [1.54, 1.807) is 41.8 Å². The van der Waals surface area contributed by atoms with Crippen molar-refractivity contribution in [2.24, 2.45) is 0 Å². The standard InChI is InChI=1S/C27H27F2N3O3/c1-16-10-11-20-12-13-22(30-25(33)27(35)31(2)3)23(32(20)26(16)34)15-18-7-5-9-21(24(18)29)17-6-4-8-19(28)14-17/h4-11,14,22-23H,12-13,15H2,1-3H3,(H,30,33)/t22-,23-/m0/s1. The Morgan fingerprint density at radius 3 is 2.54 bits per heavy atom. The van der Waals surface area contributed by atoms with Crippen molar-refractivity contribution in [3.05, 3.63) is 93.4 Å². The molecule has 1 aliphatic heterocycles. The zero-order valence-corrected chi connectivity index (χ0v) is 19.8. The quantitative estimate of drug-likeness (QED) is 0.583. The molecule has 1 aromatic heterocycles. The lowest BCUT2D eigenvalue weighted by Gasteiger charge is -2.36. The summed E-state index contributed by atoms with van der Waals surface area (Å²) in [5, 5.41) is 2.77. The number of halogens is 2. The smallest absolute Gasteiger partial charge is 0.311 e. The van der Waals surface area contributed by atoms with Crippen LogP contribution < -0.4 is 10.9 Å². The first kappa shape index (κ1) is 24.3. The molecule has 2 amide bonds. The summed E-state index contributed by atoms with van der Waals surface area (Å²) in [6, 6.07) is 13.0. The molecule has 0 bridgehead atoms. The van der Waals surface area contributed by atoms with E-state index in [4.69, 9.17) is 0 Å². The molecule has 0 radical (unpaired) electrons. The van der Waals surface area contributed by atoms with Crippen molar-refractivity contribution in [2.75, 3.05) is 14.1 Å². The Kier molecular flexibility index (Phi) is 6.82. The minimum Gasteiger partial charge on any atom is -0.343 e. The van der Waals surface area contributed by atoms with Crippen molar-refractivity contribution in [3.8, 4) is 11.1 Å². The van der Waals surface area contributed by atoms with Crippen LogP contribution in [0.4, 0.5) is 8.78 Å². The van der Waals surface area contributed by atoms with Crippen molar-refractivity contribution in [2.45, 2.75) is 38.3 Å². The van der Waals surface area contributed by atoms with Crippen LogP contribution in [-0.4, -0.2) is 41.4 Å². The normalized spacial score (nSPS) is 16.9. The third-order valence-corrected chi connectivity index (χ3v) is 6.46. The van der Waals surface area contributed by atoms with Crippen LogP contribution in [0.1, 0.15) is 29.3 Å². The van der Waals surface area contributed by atoms with Crippen LogP contribution in [-0.2, 0) is 22.4 Å². The molecule has 1 aliphatic rings. The van der Waals surface area contributed by atoms with E-state index >= 15 is 4.39 Å². The van der Waals surface area contributed by atoms with Crippen LogP contribution >= 0.6 is 0 Å². The summed E-state index contributed by atoms with van der Waals surface area (Å²) in [4.78, 5) is 39.1. The topological polar surface area (TPSA) is 71.4 Å². The Balaban J connectivity index is 1.76. The molecule has 1 N–H and O–H groups in total. The van der Waals surface area contributed by atoms with Gasteiger partial charge in [-0.05, 0) is 55.5 Å². The molecule has 4 rings (SSSR count). The van der Waals surface area contributed by atoms with Gasteiger partial charge in [0.1, 0.15) is 11.6 Å². The summed E-state index contributed by atoms with van der Waals surface area (Å²) in [5.41, 5.74) is 2.09. The summed E-state index contributed by atoms with van der Waals surface area (Å²) in [6.45, 7) is 1.70. The Morgan fingerprint density at radius 1 is 1.09 bits per heavy atom. The highest BCUT2D eigenvalue weighted by Gasteiger charge is 2.34. The maximum absolute atomic E-state index is 15.7. The highest BCUT2D eigenvalue weighted by atomic mass is 19.1. The highest BCUT2D eigenvalue weighted by Crippen LogP contribution is 2.31. The van der Waals surface area contributed by atoms with E-state index in [-0.39, 0.29) is 17.5 Å². The number of benzene rings is 2. The molecule has 0 fully saturated rings. The molecule has 2 heterocycles. The Labute approximate surface area is 202 Å². The largest absolute Gasteiger partial charge is 0.343 e. The van der Waals surface area contributed by atoms with Crippen LogP contribution in [0.15, 0.2) is 59.4 Å². The first-order valence-corrected chi connectivity index (χ1v) is 11.4. The van der Waals surface area contributed by atoms with E-state index in [0.717, 1.165) is 5.69 Å². The fraction of sp³-hybridized carbons (Fsp3) is 0.296. The van der Waals surface area contributed by atoms with Crippen LogP contribution in [0.2, 0.25) is 0 Å². The van der Waals surface area contributed by atoms with Gasteiger partial charge in [-0.1, -0.05) is 36.4 Å². The average molecular weight is 480 g/mol. The van der Waals surface area contributed by atoms with Gasteiger partial charge in [-0.25, -0.2) is 8.78 Å². The number of aryl methyl sites for hydroxylation is 2. The second-order valence-corrected chi connectivity index (χ2v) is 9.06. The van der Waals surface area contributed by atoms with E-state index in [1.165, 1.54) is 37.2 Å². The van der Waals surface area contributed by atoms with Gasteiger partial charge in [0, 0.05) is 30.9 Å². The van der Waals surface area contributed by atoms with E-state index in [1.807, 2.05) is 6.07 Å². The fourth-order valence-electron chi connectivity index (χ4n) is 4.61. The second kappa shape index (κ2) is 9.82. The number of fused-ring (bicyclic) bond motifs is 1. The van der Waals surface area contributed by atoms with Crippen LogP contribution in [0.25, 0.3) is 11.1 Å². The molecule has 182 valence electrons. The van der Waals surface area contributed by atoms with Crippen molar-refractivity contribution in [3.63, 3.8) is 0 Å². The Bertz CT molecular complexity index is 1350. The highest BCUT2D eigenvalue weighted by molar-refractivity contribution is 6.34. The lowest BCUT2D eigenvalue weighted by Crippen LogP contribution is -2.52. The molecule has 0 spiro atoms. The number of carbonyl (C=O) groups is 2. The molecule has 6 nitrogen and oxygen atoms in total. The summed E-state index contributed by atoms with van der Waals surface area (Å²) >= 11 is 0. The lowest BCUT2D eigenvalue weighted by atomic mass is 9.89. The number of hydrogen-bond donors (Lipinski definition) is 1. The van der Waals surface area contributed by atoms with E-state index in [0.29, 0.717) is 29.5 Å². The van der Waals surface area contributed by atoms with Crippen molar-refractivity contribution in [1.29, 1.82) is 0 Å². The van der Waals surface area contributed by atoms with E-state index < -0.39 is 35.5 Å². The number of carbonyl (C=O) groups excluding carboxylic acids is 2. The molecule has 0 aliphatic carbocycles. The van der Waals surface area contributed by atoms with Crippen LogP contribution in [0, 0.1) is 18.6 Å². The van der Waals surface area contributed by atoms with Crippen LogP contribution in [0.3, 0.4) is 0 Å². The summed E-state index contributed by atoms with van der Waals surface area (Å²) in [6.07, 6.45) is 1.12. The maximum atomic E-state index is 15.7. The van der Waals surface area contributed by atoms with Crippen LogP contribution in [0.5, 0.6) is 0 Å². The fourth-order valence-corrected chi connectivity index (χ4v) is 4.61. The molecule has 35 heavy (non-hydrogen) atoms. The third-order valence-electron chi connectivity index (χ3n) is 6.46. The minimum absolute atomic E-state index is 0.104. The molecular weight excluding hydrogens is 452 g/mol. The molecule has 0 unspecified atom stereocenters. The third kappa shape index (κ3) is 4.87. The molecule has 0 saturated heterocycles. The SMILES string of the molecule is Cc1ccc2n(c1=O)[C@@H](Cc1cccc(-c3cccc(F)c3)c1F)[C@@H](NC(=O)C(=O)N(C)C)CC2. The number of rotatable bonds is 4. The van der Waals surface area contributed by atoms with Gasteiger partial charge in [-0.15, -0.1) is 0 Å². The minimum atomic E-state index is -0.775. The van der Waals surface area contributed by atoms with E-state index in [9.17, 15) is 18.8 Å². The number of nitrogens with one attached hydrogen (secondary N) is 1. The summed E-state index contributed by atoms with van der Waals surface area (Å²) < 4.78 is 31.0. The van der Waals surface area contributed by atoms with Gasteiger partial charge in [0.15, 0.2) is 0 Å². The zero-order valence-electron chi connectivity index (χ0n) is 19.8. The first-order chi connectivity index (χ1) is 16.7. The Hall–Kier alpha value is -3.81. The predicted octanol–water partition coefficient (Wildman–Crippen LogP) is 3.40. The Morgan fingerprint density at radius 2 is 1.83 bits per heavy atom. The molecule has 0 saturated carbocycles. The maximum Gasteiger partial charge on any atom is 0.311 e. The number of nitrogens with zero attached hydrogens (tertiary/aromatic N) is 2. The van der Waals surface area contributed by atoms with Crippen molar-refractivity contribution >= 4 is 11.8 Å². The summed E-state index contributed by atoms with van der Waals surface area (Å²) in [7, 11) is 2.97. The van der Waals surface area contributed by atoms with Gasteiger partial charge < -0.3 is 14.8 Å². The van der Waals surface area contributed by atoms with Crippen molar-refractivity contribution in [1.82, 2.24) is 14.8 Å². The van der Waals surface area contributed by atoms with Gasteiger partial charge in [0.2, 0.25) is 0 Å². The number of hydrogen-bond acceptors (Lipinski definition) is 3. The van der Waals surface area contributed by atoms with Gasteiger partial charge in [0.05, 0.1) is 12.1 Å². The van der Waals surface area contributed by atoms with Gasteiger partial charge >= 0.3 is 11.8 Å². The monoisotopic (exact) mass is 479 g/mol. The average Bonchev–Trinajstić information content (AvgIpc) is 2.83. The lowest BCUT2D eigenvalue weighted by molar-refractivity contribution is -0.144. The zero-order chi connectivity index (χ0) is 25.3. The van der Waals surface area contributed by atoms with E-state index in [2.05, 4.69) is 5.32 Å². The van der Waals surface area contributed by atoms with Gasteiger partial charge in [0.25, 0.3) is 5.56 Å².